The van der Waals surface area contributed by atoms with Gasteiger partial charge in [-0.25, -0.2) is 8.42 Å². The molecule has 1 aliphatic heterocycles. The second-order valence-electron chi connectivity index (χ2n) is 11.8. The minimum atomic E-state index is -5.07. The molecule has 13 nitrogen and oxygen atoms in total. The van der Waals surface area contributed by atoms with Crippen LogP contribution in [0.15, 0.2) is 23.0 Å². The predicted molar refractivity (Wildman–Crippen MR) is 146 cm³/mol. The summed E-state index contributed by atoms with van der Waals surface area (Å²) < 4.78 is 69.8. The number of aliphatic hydroxyl groups is 3. The number of aromatic hydroxyl groups is 1. The number of nitrogens with two attached hydrogens (primary N) is 1. The largest absolute Gasteiger partial charge is 0.508 e. The normalized spacial score (nSPS) is 29.9. The number of carbonyl (C=O) groups is 3. The van der Waals surface area contributed by atoms with Crippen LogP contribution < -0.4 is 11.1 Å². The monoisotopic (exact) mass is 644 g/mol. The van der Waals surface area contributed by atoms with Crippen LogP contribution in [0.25, 0.3) is 5.76 Å². The van der Waals surface area contributed by atoms with E-state index in [1.807, 2.05) is 0 Å². The fraction of sp³-hybridized carbons (Fsp3) is 0.519. The number of carbonyl (C=O) groups excluding carboxylic acids is 3. The lowest BCUT2D eigenvalue weighted by Crippen LogP contribution is -2.65. The predicted octanol–water partition coefficient (Wildman–Crippen LogP) is -0.111. The minimum absolute atomic E-state index is 0.0134. The Balaban J connectivity index is 1.73. The number of aliphatic hydroxyl groups excluding tert-OH is 2. The third kappa shape index (κ3) is 4.60. The van der Waals surface area contributed by atoms with Gasteiger partial charge in [0, 0.05) is 37.2 Å². The van der Waals surface area contributed by atoms with Crippen molar-refractivity contribution >= 4 is 33.3 Å². The number of benzene rings is 1. The molecular weight excluding hydrogens is 613 g/mol. The summed E-state index contributed by atoms with van der Waals surface area (Å²) >= 11 is 0. The molecule has 5 atom stereocenters. The maximum absolute atomic E-state index is 14.8. The van der Waals surface area contributed by atoms with Crippen molar-refractivity contribution in [2.24, 2.45) is 17.6 Å². The fourth-order valence-electron chi connectivity index (χ4n) is 7.19. The Kier molecular flexibility index (Phi) is 7.44. The molecule has 0 spiro atoms. The van der Waals surface area contributed by atoms with Gasteiger partial charge in [0.1, 0.15) is 22.8 Å². The SMILES string of the molecule is CN(C)[C@@H]1C(=O)C(C(N)=O)=C(O)[C@@]2(O)C(=O)C3=C(O)c4c(O)cc(C5CN(S(C)(=O)=O)CCN5)c(C(F)(F)F)c4C[C@H]3C[C@@H]12. The highest BCUT2D eigenvalue weighted by atomic mass is 32.2. The van der Waals surface area contributed by atoms with Crippen LogP contribution in [-0.2, 0) is 37.0 Å². The van der Waals surface area contributed by atoms with Gasteiger partial charge in [-0.3, -0.25) is 19.3 Å². The van der Waals surface area contributed by atoms with E-state index in [0.717, 1.165) is 16.6 Å². The molecule has 3 aliphatic carbocycles. The van der Waals surface area contributed by atoms with Gasteiger partial charge in [0.25, 0.3) is 5.91 Å². The summed E-state index contributed by atoms with van der Waals surface area (Å²) in [6.45, 7) is -0.339. The van der Waals surface area contributed by atoms with Gasteiger partial charge in [-0.1, -0.05) is 0 Å². The zero-order chi connectivity index (χ0) is 32.8. The minimum Gasteiger partial charge on any atom is -0.508 e. The van der Waals surface area contributed by atoms with Gasteiger partial charge in [0.15, 0.2) is 11.4 Å². The van der Waals surface area contributed by atoms with Crippen molar-refractivity contribution in [3.63, 3.8) is 0 Å². The van der Waals surface area contributed by atoms with Gasteiger partial charge in [-0.05, 0) is 50.0 Å². The number of halogens is 3. The number of ketones is 2. The van der Waals surface area contributed by atoms with E-state index in [-0.39, 0.29) is 19.6 Å². The summed E-state index contributed by atoms with van der Waals surface area (Å²) in [4.78, 5) is 40.5. The first-order valence-corrected chi connectivity index (χ1v) is 15.4. The Bertz CT molecular complexity index is 1670. The molecule has 0 aromatic heterocycles. The zero-order valence-electron chi connectivity index (χ0n) is 23.8. The van der Waals surface area contributed by atoms with E-state index < -0.39 is 127 Å². The lowest BCUT2D eigenvalue weighted by Gasteiger charge is -2.50. The van der Waals surface area contributed by atoms with E-state index in [1.165, 1.54) is 19.0 Å². The van der Waals surface area contributed by atoms with E-state index in [4.69, 9.17) is 5.73 Å². The third-order valence-corrected chi connectivity index (χ3v) is 10.3. The molecule has 4 aliphatic rings. The van der Waals surface area contributed by atoms with E-state index >= 15 is 0 Å². The number of nitrogens with one attached hydrogen (secondary N) is 1. The van der Waals surface area contributed by atoms with Gasteiger partial charge >= 0.3 is 6.18 Å². The average molecular weight is 645 g/mol. The van der Waals surface area contributed by atoms with Gasteiger partial charge < -0.3 is 31.5 Å². The fourth-order valence-corrected chi connectivity index (χ4v) is 8.03. The summed E-state index contributed by atoms with van der Waals surface area (Å²) in [5, 5.41) is 47.7. The third-order valence-electron chi connectivity index (χ3n) is 9.02. The molecule has 5 rings (SSSR count). The number of alkyl halides is 3. The highest BCUT2D eigenvalue weighted by Gasteiger charge is 2.64. The number of sulfonamides is 1. The van der Waals surface area contributed by atoms with Crippen molar-refractivity contribution in [3.8, 4) is 5.75 Å². The first-order valence-electron chi connectivity index (χ1n) is 13.5. The number of amides is 1. The summed E-state index contributed by atoms with van der Waals surface area (Å²) in [5.41, 5.74) is -2.24. The van der Waals surface area contributed by atoms with Gasteiger partial charge in [0.2, 0.25) is 15.8 Å². The van der Waals surface area contributed by atoms with Crippen molar-refractivity contribution < 1.29 is 56.4 Å². The molecule has 7 N–H and O–H groups in total. The zero-order valence-corrected chi connectivity index (χ0v) is 24.6. The molecule has 1 saturated heterocycles. The van der Waals surface area contributed by atoms with Gasteiger partial charge in [-0.15, -0.1) is 0 Å². The number of hydrogen-bond donors (Lipinski definition) is 6. The molecule has 44 heavy (non-hydrogen) atoms. The number of phenolic OH excluding ortho intramolecular Hbond substituents is 1. The smallest absolute Gasteiger partial charge is 0.417 e. The van der Waals surface area contributed by atoms with Crippen molar-refractivity contribution in [1.82, 2.24) is 14.5 Å². The van der Waals surface area contributed by atoms with Crippen molar-refractivity contribution in [1.29, 1.82) is 0 Å². The number of primary amides is 1. The lowest BCUT2D eigenvalue weighted by molar-refractivity contribution is -0.153. The molecule has 1 saturated carbocycles. The number of hydrogen-bond acceptors (Lipinski definition) is 11. The van der Waals surface area contributed by atoms with Crippen LogP contribution in [0.4, 0.5) is 13.2 Å². The molecule has 1 aromatic carbocycles. The molecule has 17 heteroatoms. The first kappa shape index (κ1) is 31.9. The summed E-state index contributed by atoms with van der Waals surface area (Å²) in [5.74, 6) is -9.67. The van der Waals surface area contributed by atoms with E-state index in [2.05, 4.69) is 5.32 Å². The Labute approximate surface area is 249 Å². The van der Waals surface area contributed by atoms with Crippen LogP contribution in [-0.4, -0.2) is 107 Å². The van der Waals surface area contributed by atoms with Crippen molar-refractivity contribution in [2.45, 2.75) is 36.7 Å². The van der Waals surface area contributed by atoms with Crippen LogP contribution in [0, 0.1) is 11.8 Å². The maximum atomic E-state index is 14.8. The van der Waals surface area contributed by atoms with Crippen molar-refractivity contribution in [2.75, 3.05) is 40.0 Å². The summed E-state index contributed by atoms with van der Waals surface area (Å²) in [7, 11) is -0.966. The first-order chi connectivity index (χ1) is 20.2. The highest BCUT2D eigenvalue weighted by molar-refractivity contribution is 7.88. The van der Waals surface area contributed by atoms with Crippen molar-refractivity contribution in [3.05, 3.63) is 45.2 Å². The molecule has 1 unspecified atom stereocenters. The van der Waals surface area contributed by atoms with E-state index in [9.17, 15) is 56.4 Å². The Morgan fingerprint density at radius 3 is 2.39 bits per heavy atom. The number of rotatable bonds is 4. The summed E-state index contributed by atoms with van der Waals surface area (Å²) in [6, 6.07) is -1.85. The molecule has 240 valence electrons. The Morgan fingerprint density at radius 1 is 1.20 bits per heavy atom. The van der Waals surface area contributed by atoms with Crippen LogP contribution >= 0.6 is 0 Å². The number of Topliss-reactive ketones (excluding diaryl/α,β-unsaturated/α-hetero) is 2. The van der Waals surface area contributed by atoms with Crippen LogP contribution in [0.3, 0.4) is 0 Å². The van der Waals surface area contributed by atoms with Crippen LogP contribution in [0.2, 0.25) is 0 Å². The second-order valence-corrected chi connectivity index (χ2v) is 13.8. The van der Waals surface area contributed by atoms with E-state index in [0.29, 0.717) is 0 Å². The number of piperazine rings is 1. The highest BCUT2D eigenvalue weighted by Crippen LogP contribution is 2.55. The second kappa shape index (κ2) is 10.3. The lowest BCUT2D eigenvalue weighted by atomic mass is 9.57. The average Bonchev–Trinajstić information content (AvgIpc) is 2.89. The van der Waals surface area contributed by atoms with Crippen LogP contribution in [0.1, 0.15) is 34.7 Å². The molecule has 0 bridgehead atoms. The number of fused-ring (bicyclic) bond motifs is 3. The van der Waals surface area contributed by atoms with Crippen LogP contribution in [0.5, 0.6) is 5.75 Å². The number of phenols is 1. The Hall–Kier alpha value is -3.51. The van der Waals surface area contributed by atoms with E-state index in [1.54, 1.807) is 0 Å². The summed E-state index contributed by atoms with van der Waals surface area (Å²) in [6.07, 6.45) is -5.11. The van der Waals surface area contributed by atoms with Gasteiger partial charge in [0.05, 0.1) is 23.4 Å². The molecule has 2 fully saturated rings. The molecule has 1 aromatic rings. The molecule has 0 radical (unpaired) electrons. The van der Waals surface area contributed by atoms with Gasteiger partial charge in [-0.2, -0.15) is 17.5 Å². The number of nitrogens with zero attached hydrogens (tertiary/aromatic N) is 2. The number of likely N-dealkylation sites (N-methyl/N-ethyl adjacent to an activating group) is 1. The molecule has 1 heterocycles. The Morgan fingerprint density at radius 2 is 1.84 bits per heavy atom. The molecule has 1 amide bonds. The standard InChI is InChI=1S/C27H31F3N4O9S/c1-33(2)20-13-7-10-6-12-17(21(36)16(10)23(38)26(13,41)24(39)18(22(20)37)25(31)40)15(35)8-11(19(12)27(28,29)30)14-9-34(5-4-32-14)44(3,42)43/h8,10,13-14,20,32,35-36,39,41H,4-7,9H2,1-3H3,(H2,31,40)/t10-,13-,14?,20-,26-/m0/s1. The maximum Gasteiger partial charge on any atom is 0.417 e. The topological polar surface area (TPSA) is 211 Å². The quantitative estimate of drug-likeness (QED) is 0.238. The molecular formula is C27H31F3N4O9S.